The fourth-order valence-electron chi connectivity index (χ4n) is 2.45. The maximum atomic E-state index is 13.7. The minimum absolute atomic E-state index is 0.0683. The van der Waals surface area contributed by atoms with Crippen molar-refractivity contribution in [2.45, 2.75) is 19.4 Å². The summed E-state index contributed by atoms with van der Waals surface area (Å²) in [6, 6.07) is 13.1. The summed E-state index contributed by atoms with van der Waals surface area (Å²) in [5, 5.41) is 2.62. The van der Waals surface area contributed by atoms with E-state index in [4.69, 9.17) is 4.74 Å². The Bertz CT molecular complexity index is 690. The molecule has 2 aromatic rings. The lowest BCUT2D eigenvalue weighted by atomic mass is 10.1. The van der Waals surface area contributed by atoms with E-state index in [0.29, 0.717) is 18.0 Å². The minimum Gasteiger partial charge on any atom is -0.486 e. The van der Waals surface area contributed by atoms with E-state index in [9.17, 15) is 9.18 Å². The molecule has 3 rings (SSSR count). The average molecular weight is 300 g/mol. The number of nitrogens with zero attached hydrogens (tertiary/aromatic N) is 1. The topological polar surface area (TPSA) is 41.6 Å². The van der Waals surface area contributed by atoms with Crippen molar-refractivity contribution in [2.24, 2.45) is 0 Å². The molecule has 0 aromatic heterocycles. The molecular weight excluding hydrogens is 283 g/mol. The van der Waals surface area contributed by atoms with Gasteiger partial charge in [0.05, 0.1) is 17.9 Å². The number of anilines is 2. The molecule has 1 N–H and O–H groups in total. The van der Waals surface area contributed by atoms with Gasteiger partial charge in [0.25, 0.3) is 0 Å². The van der Waals surface area contributed by atoms with E-state index in [1.54, 1.807) is 17.0 Å². The number of hydrogen-bond donors (Lipinski definition) is 1. The number of halogens is 1. The van der Waals surface area contributed by atoms with Crippen LogP contribution < -0.4 is 15.0 Å². The highest BCUT2D eigenvalue weighted by molar-refractivity contribution is 6.03. The quantitative estimate of drug-likeness (QED) is 0.909. The van der Waals surface area contributed by atoms with Crippen molar-refractivity contribution in [3.63, 3.8) is 0 Å². The minimum atomic E-state index is -0.454. The number of ether oxygens (including phenoxy) is 1. The number of hydrogen-bond acceptors (Lipinski definition) is 2. The third-order valence-corrected chi connectivity index (χ3v) is 3.65. The Morgan fingerprint density at radius 3 is 2.77 bits per heavy atom. The van der Waals surface area contributed by atoms with Crippen molar-refractivity contribution in [2.75, 3.05) is 16.8 Å². The van der Waals surface area contributed by atoms with Gasteiger partial charge in [-0.1, -0.05) is 31.2 Å². The van der Waals surface area contributed by atoms with Gasteiger partial charge in [0.1, 0.15) is 17.7 Å². The van der Waals surface area contributed by atoms with Crippen LogP contribution in [0, 0.1) is 5.82 Å². The van der Waals surface area contributed by atoms with Gasteiger partial charge in [0.2, 0.25) is 0 Å². The molecule has 0 bridgehead atoms. The van der Waals surface area contributed by atoms with Crippen LogP contribution in [0.3, 0.4) is 0 Å². The fraction of sp³-hybridized carbons (Fsp3) is 0.235. The van der Waals surface area contributed by atoms with Crippen molar-refractivity contribution in [3.8, 4) is 5.75 Å². The fourth-order valence-corrected chi connectivity index (χ4v) is 2.45. The molecule has 2 amide bonds. The number of carbonyl (C=O) groups excluding carboxylic acids is 1. The number of para-hydroxylation sites is 3. The molecule has 4 nitrogen and oxygen atoms in total. The Labute approximate surface area is 128 Å². The summed E-state index contributed by atoms with van der Waals surface area (Å²) in [5.74, 6) is 0.216. The van der Waals surface area contributed by atoms with E-state index >= 15 is 0 Å². The lowest BCUT2D eigenvalue weighted by molar-refractivity contribution is 0.188. The third kappa shape index (κ3) is 2.74. The lowest BCUT2D eigenvalue weighted by Gasteiger charge is -2.34. The number of fused-ring (bicyclic) bond motifs is 1. The number of nitrogens with one attached hydrogen (secondary N) is 1. The van der Waals surface area contributed by atoms with E-state index in [2.05, 4.69) is 5.32 Å². The molecule has 2 aromatic carbocycles. The number of rotatable bonds is 2. The van der Waals surface area contributed by atoms with Crippen LogP contribution in [-0.4, -0.2) is 18.7 Å². The molecule has 1 aliphatic heterocycles. The first-order valence-electron chi connectivity index (χ1n) is 7.27. The zero-order chi connectivity index (χ0) is 15.5. The molecule has 0 unspecified atom stereocenters. The van der Waals surface area contributed by atoms with Crippen molar-refractivity contribution in [1.29, 1.82) is 0 Å². The number of urea groups is 1. The van der Waals surface area contributed by atoms with Gasteiger partial charge in [-0.25, -0.2) is 9.18 Å². The summed E-state index contributed by atoms with van der Waals surface area (Å²) in [5.41, 5.74) is 0.866. The third-order valence-electron chi connectivity index (χ3n) is 3.65. The molecule has 0 fully saturated rings. The molecule has 22 heavy (non-hydrogen) atoms. The Morgan fingerprint density at radius 1 is 1.27 bits per heavy atom. The van der Waals surface area contributed by atoms with Crippen LogP contribution in [-0.2, 0) is 0 Å². The highest BCUT2D eigenvalue weighted by Gasteiger charge is 2.29. The Morgan fingerprint density at radius 2 is 2.00 bits per heavy atom. The van der Waals surface area contributed by atoms with Crippen LogP contribution in [0.15, 0.2) is 48.5 Å². The number of carbonyl (C=O) groups is 1. The summed E-state index contributed by atoms with van der Waals surface area (Å²) in [4.78, 5) is 14.1. The van der Waals surface area contributed by atoms with E-state index in [0.717, 1.165) is 6.42 Å². The molecular formula is C17H17FN2O2. The summed E-state index contributed by atoms with van der Waals surface area (Å²) in [6.07, 6.45) is 0.721. The van der Waals surface area contributed by atoms with Crippen LogP contribution in [0.2, 0.25) is 0 Å². The van der Waals surface area contributed by atoms with Gasteiger partial charge >= 0.3 is 6.03 Å². The summed E-state index contributed by atoms with van der Waals surface area (Å²) < 4.78 is 19.5. The molecule has 0 saturated carbocycles. The molecule has 0 spiro atoms. The molecule has 114 valence electrons. The highest BCUT2D eigenvalue weighted by atomic mass is 19.1. The molecule has 5 heteroatoms. The zero-order valence-electron chi connectivity index (χ0n) is 12.3. The maximum absolute atomic E-state index is 13.7. The summed E-state index contributed by atoms with van der Waals surface area (Å²) >= 11 is 0. The second-order valence-electron chi connectivity index (χ2n) is 5.14. The van der Waals surface area contributed by atoms with Crippen molar-refractivity contribution in [1.82, 2.24) is 0 Å². The van der Waals surface area contributed by atoms with E-state index in [-0.39, 0.29) is 17.8 Å². The Hall–Kier alpha value is -2.56. The molecule has 0 radical (unpaired) electrons. The molecule has 1 atom stereocenters. The van der Waals surface area contributed by atoms with Crippen LogP contribution in [0.1, 0.15) is 13.3 Å². The largest absolute Gasteiger partial charge is 0.486 e. The molecule has 1 aliphatic rings. The van der Waals surface area contributed by atoms with Crippen LogP contribution in [0.5, 0.6) is 5.75 Å². The van der Waals surface area contributed by atoms with E-state index in [1.165, 1.54) is 12.1 Å². The van der Waals surface area contributed by atoms with Crippen molar-refractivity contribution in [3.05, 3.63) is 54.3 Å². The second-order valence-corrected chi connectivity index (χ2v) is 5.14. The first-order valence-corrected chi connectivity index (χ1v) is 7.27. The maximum Gasteiger partial charge on any atom is 0.326 e. The smallest absolute Gasteiger partial charge is 0.326 e. The second kappa shape index (κ2) is 6.05. The predicted octanol–water partition coefficient (Wildman–Crippen LogP) is 4.04. The number of benzene rings is 2. The number of amides is 2. The van der Waals surface area contributed by atoms with E-state index < -0.39 is 5.82 Å². The van der Waals surface area contributed by atoms with Crippen molar-refractivity contribution < 1.29 is 13.9 Å². The normalized spacial score (nSPS) is 16.6. The van der Waals surface area contributed by atoms with Gasteiger partial charge in [0, 0.05) is 0 Å². The van der Waals surface area contributed by atoms with Crippen LogP contribution >= 0.6 is 0 Å². The molecule has 1 heterocycles. The van der Waals surface area contributed by atoms with Gasteiger partial charge in [0.15, 0.2) is 0 Å². The highest BCUT2D eigenvalue weighted by Crippen LogP contribution is 2.34. The zero-order valence-corrected chi connectivity index (χ0v) is 12.3. The van der Waals surface area contributed by atoms with Gasteiger partial charge < -0.3 is 10.1 Å². The Balaban J connectivity index is 1.87. The standard InChI is InChI=1S/C17H17FN2O2/c1-2-12-11-20(15-9-5-6-10-16(15)22-12)17(21)19-14-8-4-3-7-13(14)18/h3-10,12H,2,11H2,1H3,(H,19,21)/t12-/m0/s1. The van der Waals surface area contributed by atoms with Crippen molar-refractivity contribution >= 4 is 17.4 Å². The van der Waals surface area contributed by atoms with Gasteiger partial charge in [-0.15, -0.1) is 0 Å². The van der Waals surface area contributed by atoms with E-state index in [1.807, 2.05) is 31.2 Å². The van der Waals surface area contributed by atoms with Gasteiger partial charge in [-0.05, 0) is 30.7 Å². The lowest BCUT2D eigenvalue weighted by Crippen LogP contribution is -2.45. The van der Waals surface area contributed by atoms with Gasteiger partial charge in [-0.3, -0.25) is 4.90 Å². The first-order chi connectivity index (χ1) is 10.7. The summed E-state index contributed by atoms with van der Waals surface area (Å²) in [7, 11) is 0. The Kier molecular flexibility index (Phi) is 3.96. The molecule has 0 aliphatic carbocycles. The molecule has 0 saturated heterocycles. The van der Waals surface area contributed by atoms with Crippen LogP contribution in [0.4, 0.5) is 20.6 Å². The van der Waals surface area contributed by atoms with Crippen LogP contribution in [0.25, 0.3) is 0 Å². The monoisotopic (exact) mass is 300 g/mol. The first kappa shape index (κ1) is 14.4. The average Bonchev–Trinajstić information content (AvgIpc) is 2.55. The van der Waals surface area contributed by atoms with Gasteiger partial charge in [-0.2, -0.15) is 0 Å². The predicted molar refractivity (Wildman–Crippen MR) is 83.9 cm³/mol. The summed E-state index contributed by atoms with van der Waals surface area (Å²) in [6.45, 7) is 2.44. The SMILES string of the molecule is CC[C@H]1CN(C(=O)Nc2ccccc2F)c2ccccc2O1.